The third-order valence-corrected chi connectivity index (χ3v) is 6.91. The molecule has 2 aliphatic heterocycles. The van der Waals surface area contributed by atoms with Crippen molar-refractivity contribution in [1.29, 1.82) is 0 Å². The average molecular weight is 456 g/mol. The van der Waals surface area contributed by atoms with Crippen LogP contribution in [0.4, 0.5) is 5.69 Å². The number of fused-ring (bicyclic) bond motifs is 1. The van der Waals surface area contributed by atoms with Crippen LogP contribution in [0, 0.1) is 0 Å². The molecule has 0 saturated carbocycles. The number of piperazine rings is 1. The Morgan fingerprint density at radius 1 is 0.824 bits per heavy atom. The monoisotopic (exact) mass is 455 g/mol. The molecule has 1 fully saturated rings. The zero-order valence-corrected chi connectivity index (χ0v) is 20.0. The minimum atomic E-state index is 0.252. The molecule has 3 aromatic rings. The summed E-state index contributed by atoms with van der Waals surface area (Å²) >= 11 is 0. The normalized spacial score (nSPS) is 16.3. The zero-order valence-electron chi connectivity index (χ0n) is 20.0. The van der Waals surface area contributed by atoms with Gasteiger partial charge in [-0.3, -0.25) is 9.69 Å². The number of hydrogen-bond acceptors (Lipinski definition) is 4. The highest BCUT2D eigenvalue weighted by molar-refractivity contribution is 5.78. The Labute approximate surface area is 202 Å². The molecule has 0 bridgehead atoms. The minimum Gasteiger partial charge on any atom is -0.494 e. The van der Waals surface area contributed by atoms with Crippen molar-refractivity contribution < 1.29 is 9.53 Å². The number of ether oxygens (including phenoxy) is 1. The standard InChI is InChI=1S/C29H33N3O2/c1-2-34-28-12-10-23(11-13-28)24-8-9-26-21-30(15-14-25(26)20-24)22-29(33)32-18-16-31(17-19-32)27-6-4-3-5-7-27/h3-13,20H,2,14-19,21-22H2,1H3. The zero-order chi connectivity index (χ0) is 23.3. The summed E-state index contributed by atoms with van der Waals surface area (Å²) in [5.41, 5.74) is 6.42. The number of para-hydroxylation sites is 1. The molecule has 2 heterocycles. The fourth-order valence-corrected chi connectivity index (χ4v) is 4.98. The number of hydrogen-bond donors (Lipinski definition) is 0. The van der Waals surface area contributed by atoms with Crippen molar-refractivity contribution in [1.82, 2.24) is 9.80 Å². The van der Waals surface area contributed by atoms with Gasteiger partial charge in [0, 0.05) is 45.0 Å². The van der Waals surface area contributed by atoms with Crippen molar-refractivity contribution >= 4 is 11.6 Å². The second kappa shape index (κ2) is 10.3. The van der Waals surface area contributed by atoms with E-state index >= 15 is 0 Å². The van der Waals surface area contributed by atoms with Crippen molar-refractivity contribution in [2.24, 2.45) is 0 Å². The second-order valence-electron chi connectivity index (χ2n) is 9.10. The third kappa shape index (κ3) is 5.10. The fourth-order valence-electron chi connectivity index (χ4n) is 4.98. The molecule has 5 nitrogen and oxygen atoms in total. The molecule has 0 N–H and O–H groups in total. The number of anilines is 1. The lowest BCUT2D eigenvalue weighted by atomic mass is 9.94. The summed E-state index contributed by atoms with van der Waals surface area (Å²) in [7, 11) is 0. The van der Waals surface area contributed by atoms with Gasteiger partial charge in [-0.05, 0) is 59.9 Å². The Balaban J connectivity index is 1.16. The lowest BCUT2D eigenvalue weighted by Gasteiger charge is -2.37. The van der Waals surface area contributed by atoms with Gasteiger partial charge in [-0.1, -0.05) is 48.5 Å². The van der Waals surface area contributed by atoms with Gasteiger partial charge in [-0.2, -0.15) is 0 Å². The molecule has 0 unspecified atom stereocenters. The average Bonchev–Trinajstić information content (AvgIpc) is 2.89. The van der Waals surface area contributed by atoms with E-state index in [1.165, 1.54) is 27.9 Å². The van der Waals surface area contributed by atoms with Crippen molar-refractivity contribution in [3.63, 3.8) is 0 Å². The van der Waals surface area contributed by atoms with Crippen molar-refractivity contribution in [3.05, 3.63) is 83.9 Å². The maximum Gasteiger partial charge on any atom is 0.236 e. The van der Waals surface area contributed by atoms with E-state index < -0.39 is 0 Å². The first-order valence-corrected chi connectivity index (χ1v) is 12.3. The largest absolute Gasteiger partial charge is 0.494 e. The highest BCUT2D eigenvalue weighted by Gasteiger charge is 2.25. The van der Waals surface area contributed by atoms with Crippen molar-refractivity contribution in [3.8, 4) is 16.9 Å². The Morgan fingerprint density at radius 3 is 2.29 bits per heavy atom. The van der Waals surface area contributed by atoms with Gasteiger partial charge in [0.25, 0.3) is 0 Å². The number of amides is 1. The molecule has 0 aliphatic carbocycles. The van der Waals surface area contributed by atoms with Gasteiger partial charge in [-0.15, -0.1) is 0 Å². The predicted molar refractivity (Wildman–Crippen MR) is 137 cm³/mol. The van der Waals surface area contributed by atoms with Gasteiger partial charge < -0.3 is 14.5 Å². The van der Waals surface area contributed by atoms with Gasteiger partial charge in [0.05, 0.1) is 13.2 Å². The minimum absolute atomic E-state index is 0.252. The maximum atomic E-state index is 13.0. The maximum absolute atomic E-state index is 13.0. The fraction of sp³-hybridized carbons (Fsp3) is 0.345. The van der Waals surface area contributed by atoms with Gasteiger partial charge in [0.2, 0.25) is 5.91 Å². The van der Waals surface area contributed by atoms with E-state index in [1.54, 1.807) is 0 Å². The van der Waals surface area contributed by atoms with Crippen LogP contribution in [-0.2, 0) is 17.8 Å². The van der Waals surface area contributed by atoms with E-state index in [1.807, 2.05) is 30.0 Å². The first kappa shape index (κ1) is 22.5. The Morgan fingerprint density at radius 2 is 1.56 bits per heavy atom. The summed E-state index contributed by atoms with van der Waals surface area (Å²) in [6, 6.07) is 25.5. The predicted octanol–water partition coefficient (Wildman–Crippen LogP) is 4.46. The lowest BCUT2D eigenvalue weighted by Crippen LogP contribution is -2.51. The molecule has 0 atom stereocenters. The summed E-state index contributed by atoms with van der Waals surface area (Å²) in [5.74, 6) is 1.16. The molecule has 1 saturated heterocycles. The van der Waals surface area contributed by atoms with Crippen molar-refractivity contribution in [2.45, 2.75) is 19.9 Å². The first-order chi connectivity index (χ1) is 16.7. The Bertz CT molecular complexity index is 1110. The lowest BCUT2D eigenvalue weighted by molar-refractivity contribution is -0.132. The number of nitrogens with zero attached hydrogens (tertiary/aromatic N) is 3. The van der Waals surface area contributed by atoms with Crippen molar-refractivity contribution in [2.75, 3.05) is 50.8 Å². The molecule has 3 aromatic carbocycles. The van der Waals surface area contributed by atoms with Crippen LogP contribution in [-0.4, -0.2) is 61.6 Å². The van der Waals surface area contributed by atoms with Gasteiger partial charge >= 0.3 is 0 Å². The molecule has 0 spiro atoms. The van der Waals surface area contributed by atoms with Gasteiger partial charge in [0.1, 0.15) is 5.75 Å². The topological polar surface area (TPSA) is 36.0 Å². The van der Waals surface area contributed by atoms with Gasteiger partial charge in [-0.25, -0.2) is 0 Å². The first-order valence-electron chi connectivity index (χ1n) is 12.3. The van der Waals surface area contributed by atoms with E-state index in [2.05, 4.69) is 64.4 Å². The quantitative estimate of drug-likeness (QED) is 0.550. The van der Waals surface area contributed by atoms with E-state index in [0.29, 0.717) is 13.2 Å². The van der Waals surface area contributed by atoms with Gasteiger partial charge in [0.15, 0.2) is 0 Å². The van der Waals surface area contributed by atoms with Crippen LogP contribution < -0.4 is 9.64 Å². The molecule has 2 aliphatic rings. The number of benzene rings is 3. The number of carbonyl (C=O) groups is 1. The Kier molecular flexibility index (Phi) is 6.82. The van der Waals surface area contributed by atoms with E-state index in [9.17, 15) is 4.79 Å². The molecule has 0 radical (unpaired) electrons. The van der Waals surface area contributed by atoms with E-state index in [4.69, 9.17) is 4.74 Å². The molecule has 0 aromatic heterocycles. The molecule has 5 heteroatoms. The van der Waals surface area contributed by atoms with Crippen LogP contribution in [0.25, 0.3) is 11.1 Å². The van der Waals surface area contributed by atoms with E-state index in [0.717, 1.165) is 51.4 Å². The van der Waals surface area contributed by atoms with Crippen LogP contribution in [0.5, 0.6) is 5.75 Å². The molecule has 5 rings (SSSR count). The highest BCUT2D eigenvalue weighted by atomic mass is 16.5. The summed E-state index contributed by atoms with van der Waals surface area (Å²) in [4.78, 5) is 19.7. The Hall–Kier alpha value is -3.31. The summed E-state index contributed by atoms with van der Waals surface area (Å²) in [5, 5.41) is 0. The molecule has 34 heavy (non-hydrogen) atoms. The van der Waals surface area contributed by atoms with E-state index in [-0.39, 0.29) is 5.91 Å². The molecule has 176 valence electrons. The van der Waals surface area contributed by atoms with Crippen LogP contribution in [0.15, 0.2) is 72.8 Å². The molecule has 1 amide bonds. The highest BCUT2D eigenvalue weighted by Crippen LogP contribution is 2.28. The molecular weight excluding hydrogens is 422 g/mol. The summed E-state index contributed by atoms with van der Waals surface area (Å²) < 4.78 is 5.56. The smallest absolute Gasteiger partial charge is 0.236 e. The summed E-state index contributed by atoms with van der Waals surface area (Å²) in [6.45, 7) is 8.34. The van der Waals surface area contributed by atoms with Crippen LogP contribution in [0.2, 0.25) is 0 Å². The van der Waals surface area contributed by atoms with Crippen LogP contribution >= 0.6 is 0 Å². The number of carbonyl (C=O) groups excluding carboxylic acids is 1. The van der Waals surface area contributed by atoms with Crippen LogP contribution in [0.3, 0.4) is 0 Å². The van der Waals surface area contributed by atoms with Crippen LogP contribution in [0.1, 0.15) is 18.1 Å². The third-order valence-electron chi connectivity index (χ3n) is 6.91. The SMILES string of the molecule is CCOc1ccc(-c2ccc3c(c2)CCN(CC(=O)N2CCN(c4ccccc4)CC2)C3)cc1. The second-order valence-corrected chi connectivity index (χ2v) is 9.10. The molecular formula is C29H33N3O2. The summed E-state index contributed by atoms with van der Waals surface area (Å²) in [6.07, 6.45) is 0.981. The number of rotatable bonds is 6.